The SMILES string of the molecule is NC1=NC2(C=N1)CN1CCC2CC1. The minimum atomic E-state index is -0.0411. The molecule has 4 nitrogen and oxygen atoms in total. The maximum absolute atomic E-state index is 5.61. The zero-order valence-electron chi connectivity index (χ0n) is 7.61. The summed E-state index contributed by atoms with van der Waals surface area (Å²) in [5.41, 5.74) is 5.56. The molecule has 4 aliphatic heterocycles. The van der Waals surface area contributed by atoms with Crippen LogP contribution in [0.5, 0.6) is 0 Å². The third kappa shape index (κ3) is 0.950. The first-order valence-electron chi connectivity index (χ1n) is 4.91. The highest BCUT2D eigenvalue weighted by atomic mass is 15.2. The fourth-order valence-electron chi connectivity index (χ4n) is 2.80. The van der Waals surface area contributed by atoms with Gasteiger partial charge in [-0.1, -0.05) is 0 Å². The summed E-state index contributed by atoms with van der Waals surface area (Å²) >= 11 is 0. The Labute approximate surface area is 77.5 Å². The number of nitrogens with two attached hydrogens (primary N) is 1. The molecule has 0 radical (unpaired) electrons. The van der Waals surface area contributed by atoms with Crippen LogP contribution in [0, 0.1) is 5.92 Å². The highest BCUT2D eigenvalue weighted by Crippen LogP contribution is 2.38. The minimum Gasteiger partial charge on any atom is -0.368 e. The first kappa shape index (κ1) is 7.50. The highest BCUT2D eigenvalue weighted by molar-refractivity contribution is 5.96. The number of guanidine groups is 1. The summed E-state index contributed by atoms with van der Waals surface area (Å²) in [5, 5.41) is 0. The van der Waals surface area contributed by atoms with Crippen LogP contribution in [-0.4, -0.2) is 42.2 Å². The number of piperidine rings is 3. The molecule has 2 N–H and O–H groups in total. The summed E-state index contributed by atoms with van der Waals surface area (Å²) in [4.78, 5) is 11.1. The van der Waals surface area contributed by atoms with Crippen LogP contribution < -0.4 is 5.73 Å². The quantitative estimate of drug-likeness (QED) is 0.561. The largest absolute Gasteiger partial charge is 0.368 e. The van der Waals surface area contributed by atoms with Gasteiger partial charge in [-0.2, -0.15) is 0 Å². The Morgan fingerprint density at radius 3 is 2.69 bits per heavy atom. The van der Waals surface area contributed by atoms with E-state index in [-0.39, 0.29) is 5.54 Å². The van der Waals surface area contributed by atoms with Gasteiger partial charge in [0.05, 0.1) is 0 Å². The third-order valence-electron chi connectivity index (χ3n) is 3.51. The lowest BCUT2D eigenvalue weighted by atomic mass is 9.74. The molecule has 4 heterocycles. The van der Waals surface area contributed by atoms with Crippen LogP contribution in [0.15, 0.2) is 9.98 Å². The number of aliphatic imine (C=N–C) groups is 2. The molecule has 1 atom stereocenters. The van der Waals surface area contributed by atoms with E-state index in [4.69, 9.17) is 5.73 Å². The molecule has 4 aliphatic rings. The van der Waals surface area contributed by atoms with Gasteiger partial charge >= 0.3 is 0 Å². The van der Waals surface area contributed by atoms with Crippen molar-refractivity contribution in [2.24, 2.45) is 21.6 Å². The Hall–Kier alpha value is -0.900. The fraction of sp³-hybridized carbons (Fsp3) is 0.778. The van der Waals surface area contributed by atoms with Crippen LogP contribution >= 0.6 is 0 Å². The summed E-state index contributed by atoms with van der Waals surface area (Å²) in [6, 6.07) is 0. The molecular formula is C9H14N4. The van der Waals surface area contributed by atoms with Crippen molar-refractivity contribution in [3.63, 3.8) is 0 Å². The zero-order chi connectivity index (χ0) is 8.89. The van der Waals surface area contributed by atoms with E-state index in [9.17, 15) is 0 Å². The first-order chi connectivity index (χ1) is 6.28. The van der Waals surface area contributed by atoms with Gasteiger partial charge in [-0.05, 0) is 31.8 Å². The molecule has 1 unspecified atom stereocenters. The second-order valence-electron chi connectivity index (χ2n) is 4.27. The molecule has 0 aromatic rings. The van der Waals surface area contributed by atoms with Crippen LogP contribution in [0.3, 0.4) is 0 Å². The van der Waals surface area contributed by atoms with Crippen molar-refractivity contribution in [3.8, 4) is 0 Å². The molecule has 3 fully saturated rings. The van der Waals surface area contributed by atoms with Crippen molar-refractivity contribution < 1.29 is 0 Å². The molecule has 0 aliphatic carbocycles. The monoisotopic (exact) mass is 178 g/mol. The Morgan fingerprint density at radius 1 is 1.46 bits per heavy atom. The van der Waals surface area contributed by atoms with Crippen LogP contribution in [-0.2, 0) is 0 Å². The summed E-state index contributed by atoms with van der Waals surface area (Å²) in [5.74, 6) is 1.15. The molecule has 13 heavy (non-hydrogen) atoms. The summed E-state index contributed by atoms with van der Waals surface area (Å²) in [7, 11) is 0. The van der Waals surface area contributed by atoms with Gasteiger partial charge in [-0.15, -0.1) is 0 Å². The maximum Gasteiger partial charge on any atom is 0.216 e. The number of nitrogens with zero attached hydrogens (tertiary/aromatic N) is 3. The van der Waals surface area contributed by atoms with Crippen molar-refractivity contribution in [1.29, 1.82) is 0 Å². The predicted molar refractivity (Wildman–Crippen MR) is 52.0 cm³/mol. The van der Waals surface area contributed by atoms with Crippen molar-refractivity contribution in [3.05, 3.63) is 0 Å². The molecule has 1 spiro atoms. The van der Waals surface area contributed by atoms with Gasteiger partial charge in [0.25, 0.3) is 0 Å². The molecule has 2 bridgehead atoms. The zero-order valence-corrected chi connectivity index (χ0v) is 7.61. The van der Waals surface area contributed by atoms with Gasteiger partial charge in [-0.3, -0.25) is 0 Å². The first-order valence-corrected chi connectivity index (χ1v) is 4.91. The van der Waals surface area contributed by atoms with Crippen molar-refractivity contribution in [2.45, 2.75) is 18.4 Å². The lowest BCUT2D eigenvalue weighted by molar-refractivity contribution is 0.0679. The molecule has 0 saturated carbocycles. The van der Waals surface area contributed by atoms with Gasteiger partial charge < -0.3 is 10.6 Å². The Kier molecular flexibility index (Phi) is 1.34. The standard InChI is InChI=1S/C9H14N4/c10-8-11-5-9(12-8)6-13-3-1-7(9)2-4-13/h5,7H,1-4,6H2,(H2,10,12). The Balaban J connectivity index is 1.97. The fourth-order valence-corrected chi connectivity index (χ4v) is 2.80. The maximum atomic E-state index is 5.61. The van der Waals surface area contributed by atoms with Gasteiger partial charge in [0.2, 0.25) is 5.96 Å². The molecule has 0 amide bonds. The number of hydrogen-bond donors (Lipinski definition) is 1. The number of rotatable bonds is 0. The molecule has 4 heteroatoms. The van der Waals surface area contributed by atoms with Gasteiger partial charge in [0.15, 0.2) is 0 Å². The van der Waals surface area contributed by atoms with E-state index in [1.165, 1.54) is 25.9 Å². The van der Waals surface area contributed by atoms with Crippen LogP contribution in [0.2, 0.25) is 0 Å². The second-order valence-corrected chi connectivity index (χ2v) is 4.27. The average Bonchev–Trinajstić information content (AvgIpc) is 2.49. The van der Waals surface area contributed by atoms with Crippen LogP contribution in [0.1, 0.15) is 12.8 Å². The average molecular weight is 178 g/mol. The second kappa shape index (κ2) is 2.32. The lowest BCUT2D eigenvalue weighted by Crippen LogP contribution is -2.58. The smallest absolute Gasteiger partial charge is 0.216 e. The van der Waals surface area contributed by atoms with Crippen molar-refractivity contribution >= 4 is 12.2 Å². The van der Waals surface area contributed by atoms with Gasteiger partial charge in [0.1, 0.15) is 5.54 Å². The number of hydrogen-bond acceptors (Lipinski definition) is 4. The topological polar surface area (TPSA) is 54.0 Å². The van der Waals surface area contributed by atoms with E-state index < -0.39 is 0 Å². The molecule has 3 saturated heterocycles. The van der Waals surface area contributed by atoms with E-state index in [2.05, 4.69) is 14.9 Å². The van der Waals surface area contributed by atoms with E-state index in [0.717, 1.165) is 6.54 Å². The number of fused-ring (bicyclic) bond motifs is 2. The lowest BCUT2D eigenvalue weighted by Gasteiger charge is -2.48. The predicted octanol–water partition coefficient (Wildman–Crippen LogP) is -0.150. The highest BCUT2D eigenvalue weighted by Gasteiger charge is 2.47. The van der Waals surface area contributed by atoms with E-state index in [1.54, 1.807) is 0 Å². The Morgan fingerprint density at radius 2 is 2.23 bits per heavy atom. The summed E-state index contributed by atoms with van der Waals surface area (Å²) in [6.45, 7) is 3.49. The minimum absolute atomic E-state index is 0.0411. The molecule has 4 rings (SSSR count). The molecule has 70 valence electrons. The molecular weight excluding hydrogens is 164 g/mol. The normalized spacial score (nSPS) is 47.2. The Bertz CT molecular complexity index is 288. The molecule has 0 aromatic heterocycles. The third-order valence-corrected chi connectivity index (χ3v) is 3.51. The summed E-state index contributed by atoms with van der Waals surface area (Å²) < 4.78 is 0. The van der Waals surface area contributed by atoms with Gasteiger partial charge in [0, 0.05) is 12.8 Å². The van der Waals surface area contributed by atoms with E-state index in [1.807, 2.05) is 6.21 Å². The van der Waals surface area contributed by atoms with E-state index in [0.29, 0.717) is 11.9 Å². The van der Waals surface area contributed by atoms with Crippen LogP contribution in [0.25, 0.3) is 0 Å². The summed E-state index contributed by atoms with van der Waals surface area (Å²) in [6.07, 6.45) is 4.48. The van der Waals surface area contributed by atoms with Crippen molar-refractivity contribution in [2.75, 3.05) is 19.6 Å². The van der Waals surface area contributed by atoms with Crippen molar-refractivity contribution in [1.82, 2.24) is 4.90 Å². The van der Waals surface area contributed by atoms with Crippen LogP contribution in [0.4, 0.5) is 0 Å². The van der Waals surface area contributed by atoms with E-state index >= 15 is 0 Å². The van der Waals surface area contributed by atoms with Gasteiger partial charge in [-0.25, -0.2) is 9.98 Å². The molecule has 0 aromatic carbocycles.